The van der Waals surface area contributed by atoms with E-state index in [4.69, 9.17) is 12.2 Å². The summed E-state index contributed by atoms with van der Waals surface area (Å²) in [6.07, 6.45) is 2.83. The van der Waals surface area contributed by atoms with Crippen LogP contribution in [-0.2, 0) is 0 Å². The van der Waals surface area contributed by atoms with Gasteiger partial charge in [-0.1, -0.05) is 48.1 Å². The van der Waals surface area contributed by atoms with Crippen LogP contribution in [0.15, 0.2) is 42.5 Å². The first-order valence-electron chi connectivity index (χ1n) is 5.91. The third kappa shape index (κ3) is 3.14. The van der Waals surface area contributed by atoms with Crippen LogP contribution >= 0.6 is 12.2 Å². The molecule has 0 spiro atoms. The summed E-state index contributed by atoms with van der Waals surface area (Å²) in [5, 5.41) is 0. The van der Waals surface area contributed by atoms with Crippen LogP contribution < -0.4 is 0 Å². The highest BCUT2D eigenvalue weighted by Crippen LogP contribution is 2.17. The van der Waals surface area contributed by atoms with Gasteiger partial charge in [-0.25, -0.2) is 13.2 Å². The maximum absolute atomic E-state index is 13.5. The predicted octanol–water partition coefficient (Wildman–Crippen LogP) is 4.84. The number of aryl methyl sites for hydroxylation is 1. The van der Waals surface area contributed by atoms with E-state index >= 15 is 0 Å². The lowest BCUT2D eigenvalue weighted by Crippen LogP contribution is -1.95. The van der Waals surface area contributed by atoms with Gasteiger partial charge < -0.3 is 0 Å². The van der Waals surface area contributed by atoms with Gasteiger partial charge in [-0.2, -0.15) is 0 Å². The third-order valence-corrected chi connectivity index (χ3v) is 3.19. The molecule has 20 heavy (non-hydrogen) atoms. The maximum Gasteiger partial charge on any atom is 0.195 e. The Bertz CT molecular complexity index is 673. The van der Waals surface area contributed by atoms with Crippen LogP contribution in [0.2, 0.25) is 0 Å². The van der Waals surface area contributed by atoms with E-state index in [-0.39, 0.29) is 5.56 Å². The van der Waals surface area contributed by atoms with E-state index in [9.17, 15) is 13.2 Å². The number of thiocarbonyl (C=S) groups is 1. The number of halogens is 3. The molecule has 4 heteroatoms. The molecule has 102 valence electrons. The van der Waals surface area contributed by atoms with Crippen molar-refractivity contribution in [3.05, 3.63) is 76.6 Å². The van der Waals surface area contributed by atoms with Gasteiger partial charge in [-0.15, -0.1) is 0 Å². The second-order valence-electron chi connectivity index (χ2n) is 4.33. The normalized spacial score (nSPS) is 11.0. The Kier molecular flexibility index (Phi) is 4.35. The first-order chi connectivity index (χ1) is 9.49. The molecule has 0 N–H and O–H groups in total. The Morgan fingerprint density at radius 3 is 2.25 bits per heavy atom. The van der Waals surface area contributed by atoms with E-state index in [0.29, 0.717) is 4.86 Å². The van der Waals surface area contributed by atoms with Crippen LogP contribution in [0.25, 0.3) is 6.08 Å². The molecule has 0 aliphatic heterocycles. The van der Waals surface area contributed by atoms with E-state index in [1.165, 1.54) is 18.2 Å². The van der Waals surface area contributed by atoms with Gasteiger partial charge in [-0.05, 0) is 30.7 Å². The van der Waals surface area contributed by atoms with Crippen molar-refractivity contribution in [1.82, 2.24) is 0 Å². The highest BCUT2D eigenvalue weighted by Gasteiger charge is 2.11. The van der Waals surface area contributed by atoms with Crippen molar-refractivity contribution in [3.63, 3.8) is 0 Å². The average molecular weight is 292 g/mol. The van der Waals surface area contributed by atoms with Crippen LogP contribution in [0.4, 0.5) is 13.2 Å². The summed E-state index contributed by atoms with van der Waals surface area (Å²) in [6, 6.07) is 9.57. The summed E-state index contributed by atoms with van der Waals surface area (Å²) in [4.78, 5) is 0.495. The van der Waals surface area contributed by atoms with E-state index in [2.05, 4.69) is 0 Å². The maximum atomic E-state index is 13.5. The van der Waals surface area contributed by atoms with Crippen LogP contribution in [0, 0.1) is 24.4 Å². The Morgan fingerprint density at radius 1 is 0.950 bits per heavy atom. The summed E-state index contributed by atoms with van der Waals surface area (Å²) >= 11 is 5.19. The number of allylic oxidation sites excluding steroid dienone is 1. The fraction of sp³-hybridized carbons (Fsp3) is 0.0625. The molecule has 0 atom stereocenters. The van der Waals surface area contributed by atoms with Crippen LogP contribution in [0.1, 0.15) is 16.7 Å². The lowest BCUT2D eigenvalue weighted by Gasteiger charge is -2.01. The largest absolute Gasteiger partial charge is 0.204 e. The van der Waals surface area contributed by atoms with Gasteiger partial charge >= 0.3 is 0 Å². The molecular weight excluding hydrogens is 281 g/mol. The minimum Gasteiger partial charge on any atom is -0.204 e. The molecular formula is C16H11F3S. The van der Waals surface area contributed by atoms with Crippen LogP contribution in [-0.4, -0.2) is 4.86 Å². The minimum absolute atomic E-state index is 0.0432. The first-order valence-corrected chi connectivity index (χ1v) is 6.32. The minimum atomic E-state index is -1.48. The second kappa shape index (κ2) is 6.01. The van der Waals surface area contributed by atoms with E-state index in [0.717, 1.165) is 17.2 Å². The van der Waals surface area contributed by atoms with Crippen LogP contribution in [0.5, 0.6) is 0 Å². The molecule has 0 aromatic heterocycles. The molecule has 0 heterocycles. The van der Waals surface area contributed by atoms with Crippen molar-refractivity contribution >= 4 is 23.2 Å². The van der Waals surface area contributed by atoms with Crippen molar-refractivity contribution in [2.75, 3.05) is 0 Å². The standard InChI is InChI=1S/C16H11F3S/c1-10-2-4-11(5-3-10)14(20)9-7-12-6-8-13(17)16(19)15(12)18/h2-9H,1H3. The van der Waals surface area contributed by atoms with Gasteiger partial charge in [0.2, 0.25) is 0 Å². The quantitative estimate of drug-likeness (QED) is 0.337. The summed E-state index contributed by atoms with van der Waals surface area (Å²) < 4.78 is 39.3. The molecule has 0 saturated carbocycles. The van der Waals surface area contributed by atoms with Crippen molar-refractivity contribution < 1.29 is 13.2 Å². The Hall–Kier alpha value is -1.94. The number of hydrogen-bond donors (Lipinski definition) is 0. The molecule has 2 aromatic rings. The van der Waals surface area contributed by atoms with E-state index in [1.54, 1.807) is 0 Å². The second-order valence-corrected chi connectivity index (χ2v) is 4.77. The van der Waals surface area contributed by atoms with Crippen LogP contribution in [0.3, 0.4) is 0 Å². The summed E-state index contributed by atoms with van der Waals surface area (Å²) in [5.41, 5.74) is 1.87. The summed E-state index contributed by atoms with van der Waals surface area (Å²) in [6.45, 7) is 1.96. The van der Waals surface area contributed by atoms with Crippen molar-refractivity contribution in [3.8, 4) is 0 Å². The Morgan fingerprint density at radius 2 is 1.60 bits per heavy atom. The Labute approximate surface area is 120 Å². The molecule has 0 aliphatic carbocycles. The van der Waals surface area contributed by atoms with Crippen molar-refractivity contribution in [1.29, 1.82) is 0 Å². The molecule has 0 aliphatic rings. The first kappa shape index (κ1) is 14.5. The highest BCUT2D eigenvalue weighted by atomic mass is 32.1. The van der Waals surface area contributed by atoms with Gasteiger partial charge in [0.25, 0.3) is 0 Å². The lowest BCUT2D eigenvalue weighted by molar-refractivity contribution is 0.446. The molecule has 0 unspecified atom stereocenters. The number of rotatable bonds is 3. The van der Waals surface area contributed by atoms with Crippen molar-refractivity contribution in [2.24, 2.45) is 0 Å². The average Bonchev–Trinajstić information content (AvgIpc) is 2.44. The topological polar surface area (TPSA) is 0 Å². The lowest BCUT2D eigenvalue weighted by atomic mass is 10.1. The number of benzene rings is 2. The van der Waals surface area contributed by atoms with Crippen molar-refractivity contribution in [2.45, 2.75) is 6.92 Å². The summed E-state index contributed by atoms with van der Waals surface area (Å²) in [5.74, 6) is -3.90. The number of hydrogen-bond acceptors (Lipinski definition) is 1. The zero-order chi connectivity index (χ0) is 14.7. The highest BCUT2D eigenvalue weighted by molar-refractivity contribution is 7.81. The monoisotopic (exact) mass is 292 g/mol. The zero-order valence-corrected chi connectivity index (χ0v) is 11.5. The molecule has 0 radical (unpaired) electrons. The molecule has 0 bridgehead atoms. The molecule has 0 fully saturated rings. The zero-order valence-electron chi connectivity index (χ0n) is 10.7. The fourth-order valence-electron chi connectivity index (χ4n) is 1.65. The van der Waals surface area contributed by atoms with Gasteiger partial charge in [0.05, 0.1) is 0 Å². The SMILES string of the molecule is Cc1ccc(C(=S)C=Cc2ccc(F)c(F)c2F)cc1. The van der Waals surface area contributed by atoms with Gasteiger partial charge in [-0.3, -0.25) is 0 Å². The van der Waals surface area contributed by atoms with Gasteiger partial charge in [0, 0.05) is 10.4 Å². The molecule has 0 saturated heterocycles. The summed E-state index contributed by atoms with van der Waals surface area (Å²) in [7, 11) is 0. The predicted molar refractivity (Wildman–Crippen MR) is 78.2 cm³/mol. The van der Waals surface area contributed by atoms with E-state index in [1.807, 2.05) is 31.2 Å². The van der Waals surface area contributed by atoms with E-state index < -0.39 is 17.5 Å². The fourth-order valence-corrected chi connectivity index (χ4v) is 1.85. The smallest absolute Gasteiger partial charge is 0.195 e. The Balaban J connectivity index is 2.23. The molecule has 0 amide bonds. The van der Waals surface area contributed by atoms with Gasteiger partial charge in [0.1, 0.15) is 0 Å². The third-order valence-electron chi connectivity index (χ3n) is 2.82. The molecule has 0 nitrogen and oxygen atoms in total. The molecule has 2 aromatic carbocycles. The van der Waals surface area contributed by atoms with Gasteiger partial charge in [0.15, 0.2) is 17.5 Å². The molecule has 2 rings (SSSR count).